The van der Waals surface area contributed by atoms with Gasteiger partial charge < -0.3 is 10.1 Å². The Morgan fingerprint density at radius 3 is 2.83 bits per heavy atom. The number of nitrogens with one attached hydrogen (secondary N) is 1. The van der Waals surface area contributed by atoms with Crippen molar-refractivity contribution in [3.63, 3.8) is 0 Å². The number of esters is 1. The molecule has 1 saturated carbocycles. The molecule has 1 fully saturated rings. The minimum atomic E-state index is -0.379. The molecule has 0 spiro atoms. The fraction of sp³-hybridized carbons (Fsp3) is 0.389. The molecule has 1 aromatic carbocycles. The number of aromatic nitrogens is 2. The van der Waals surface area contributed by atoms with Gasteiger partial charge in [-0.1, -0.05) is 12.5 Å². The molecule has 0 bridgehead atoms. The summed E-state index contributed by atoms with van der Waals surface area (Å²) in [6.07, 6.45) is 4.56. The van der Waals surface area contributed by atoms with E-state index in [9.17, 15) is 9.59 Å². The van der Waals surface area contributed by atoms with E-state index in [1.807, 2.05) is 31.2 Å². The van der Waals surface area contributed by atoms with Crippen molar-refractivity contribution in [3.8, 4) is 5.69 Å². The normalized spacial score (nSPS) is 14.1. The van der Waals surface area contributed by atoms with Crippen LogP contribution < -0.4 is 5.32 Å². The van der Waals surface area contributed by atoms with Gasteiger partial charge >= 0.3 is 5.97 Å². The summed E-state index contributed by atoms with van der Waals surface area (Å²) in [5.41, 5.74) is 2.67. The van der Waals surface area contributed by atoms with Gasteiger partial charge in [-0.05, 0) is 44.9 Å². The average Bonchev–Trinajstić information content (AvgIpc) is 2.87. The van der Waals surface area contributed by atoms with Gasteiger partial charge in [-0.3, -0.25) is 4.79 Å². The van der Waals surface area contributed by atoms with E-state index in [4.69, 9.17) is 4.74 Å². The number of hydrogen-bond donors (Lipinski definition) is 1. The van der Waals surface area contributed by atoms with Gasteiger partial charge in [0.1, 0.15) is 5.56 Å². The second-order valence-corrected chi connectivity index (χ2v) is 5.94. The fourth-order valence-electron chi connectivity index (χ4n) is 2.71. The van der Waals surface area contributed by atoms with E-state index < -0.39 is 0 Å². The van der Waals surface area contributed by atoms with Crippen LogP contribution >= 0.6 is 0 Å². The number of ether oxygens (including phenoxy) is 1. The predicted molar refractivity (Wildman–Crippen MR) is 90.2 cm³/mol. The van der Waals surface area contributed by atoms with Crippen molar-refractivity contribution in [3.05, 3.63) is 41.7 Å². The van der Waals surface area contributed by atoms with Crippen LogP contribution in [0.15, 0.2) is 30.5 Å². The first-order valence-electron chi connectivity index (χ1n) is 8.23. The SMILES string of the molecule is CCOC(=O)c1cnn(-c2cccc(NC(=O)C3CCC3)c2)c1C. The molecule has 1 heterocycles. The summed E-state index contributed by atoms with van der Waals surface area (Å²) < 4.78 is 6.70. The standard InChI is InChI=1S/C18H21N3O3/c1-3-24-18(23)16-11-19-21(12(16)2)15-9-5-8-14(10-15)20-17(22)13-6-4-7-13/h5,8-11,13H,3-4,6-7H2,1-2H3,(H,20,22). The summed E-state index contributed by atoms with van der Waals surface area (Å²) in [6, 6.07) is 7.45. The van der Waals surface area contributed by atoms with Crippen LogP contribution in [-0.2, 0) is 9.53 Å². The Hall–Kier alpha value is -2.63. The molecule has 0 atom stereocenters. The Balaban J connectivity index is 1.81. The van der Waals surface area contributed by atoms with Crippen molar-refractivity contribution in [2.45, 2.75) is 33.1 Å². The lowest BCUT2D eigenvalue weighted by atomic mass is 9.85. The zero-order valence-electron chi connectivity index (χ0n) is 13.9. The van der Waals surface area contributed by atoms with Crippen molar-refractivity contribution in [2.75, 3.05) is 11.9 Å². The Kier molecular flexibility index (Phi) is 4.64. The highest BCUT2D eigenvalue weighted by molar-refractivity contribution is 5.93. The van der Waals surface area contributed by atoms with Crippen molar-refractivity contribution < 1.29 is 14.3 Å². The molecule has 0 aliphatic heterocycles. The lowest BCUT2D eigenvalue weighted by Gasteiger charge is -2.24. The summed E-state index contributed by atoms with van der Waals surface area (Å²) in [7, 11) is 0. The van der Waals surface area contributed by atoms with E-state index in [1.54, 1.807) is 11.6 Å². The van der Waals surface area contributed by atoms with Gasteiger partial charge in [-0.2, -0.15) is 5.10 Å². The number of amides is 1. The molecule has 126 valence electrons. The van der Waals surface area contributed by atoms with Crippen molar-refractivity contribution in [1.29, 1.82) is 0 Å². The number of carbonyl (C=O) groups excluding carboxylic acids is 2. The van der Waals surface area contributed by atoms with Crippen LogP contribution in [0, 0.1) is 12.8 Å². The van der Waals surface area contributed by atoms with Gasteiger partial charge in [0.05, 0.1) is 24.2 Å². The van der Waals surface area contributed by atoms with Gasteiger partial charge in [0.2, 0.25) is 5.91 Å². The maximum absolute atomic E-state index is 12.1. The van der Waals surface area contributed by atoms with Crippen LogP contribution in [0.1, 0.15) is 42.2 Å². The number of benzene rings is 1. The molecule has 6 heteroatoms. The molecule has 24 heavy (non-hydrogen) atoms. The number of nitrogens with zero attached hydrogens (tertiary/aromatic N) is 2. The van der Waals surface area contributed by atoms with Gasteiger partial charge in [-0.15, -0.1) is 0 Å². The Labute approximate surface area is 140 Å². The topological polar surface area (TPSA) is 73.2 Å². The summed E-state index contributed by atoms with van der Waals surface area (Å²) in [5, 5.41) is 7.23. The van der Waals surface area contributed by atoms with Crippen LogP contribution in [0.5, 0.6) is 0 Å². The molecule has 1 aliphatic carbocycles. The van der Waals surface area contributed by atoms with Crippen LogP contribution in [0.2, 0.25) is 0 Å². The highest BCUT2D eigenvalue weighted by atomic mass is 16.5. The largest absolute Gasteiger partial charge is 0.462 e. The molecule has 1 aromatic heterocycles. The van der Waals surface area contributed by atoms with Crippen molar-refractivity contribution >= 4 is 17.6 Å². The van der Waals surface area contributed by atoms with Gasteiger partial charge in [0.25, 0.3) is 0 Å². The molecular formula is C18H21N3O3. The van der Waals surface area contributed by atoms with Crippen molar-refractivity contribution in [1.82, 2.24) is 9.78 Å². The maximum Gasteiger partial charge on any atom is 0.341 e. The third kappa shape index (κ3) is 3.18. The lowest BCUT2D eigenvalue weighted by molar-refractivity contribution is -0.122. The van der Waals surface area contributed by atoms with Gasteiger partial charge in [0, 0.05) is 11.6 Å². The van der Waals surface area contributed by atoms with Crippen LogP contribution in [0.4, 0.5) is 5.69 Å². The minimum Gasteiger partial charge on any atom is -0.462 e. The van der Waals surface area contributed by atoms with E-state index in [0.717, 1.165) is 30.6 Å². The summed E-state index contributed by atoms with van der Waals surface area (Å²) >= 11 is 0. The van der Waals surface area contributed by atoms with E-state index in [2.05, 4.69) is 10.4 Å². The maximum atomic E-state index is 12.1. The van der Waals surface area contributed by atoms with Crippen LogP contribution in [0.3, 0.4) is 0 Å². The second-order valence-electron chi connectivity index (χ2n) is 5.94. The van der Waals surface area contributed by atoms with Crippen molar-refractivity contribution in [2.24, 2.45) is 5.92 Å². The summed E-state index contributed by atoms with van der Waals surface area (Å²) in [4.78, 5) is 24.0. The summed E-state index contributed by atoms with van der Waals surface area (Å²) in [6.45, 7) is 3.91. The smallest absolute Gasteiger partial charge is 0.341 e. The zero-order valence-corrected chi connectivity index (χ0v) is 13.9. The molecule has 1 amide bonds. The quantitative estimate of drug-likeness (QED) is 0.857. The molecule has 3 rings (SSSR count). The van der Waals surface area contributed by atoms with Crippen LogP contribution in [-0.4, -0.2) is 28.3 Å². The number of hydrogen-bond acceptors (Lipinski definition) is 4. The Morgan fingerprint density at radius 1 is 1.38 bits per heavy atom. The number of rotatable bonds is 5. The first kappa shape index (κ1) is 16.2. The highest BCUT2D eigenvalue weighted by Crippen LogP contribution is 2.28. The van der Waals surface area contributed by atoms with E-state index >= 15 is 0 Å². The molecular weight excluding hydrogens is 306 g/mol. The molecule has 6 nitrogen and oxygen atoms in total. The predicted octanol–water partition coefficient (Wildman–Crippen LogP) is 3.10. The van der Waals surface area contributed by atoms with Gasteiger partial charge in [-0.25, -0.2) is 9.48 Å². The molecule has 1 N–H and O–H groups in total. The third-order valence-corrected chi connectivity index (χ3v) is 4.34. The monoisotopic (exact) mass is 327 g/mol. The minimum absolute atomic E-state index is 0.0720. The first-order valence-corrected chi connectivity index (χ1v) is 8.23. The van der Waals surface area contributed by atoms with E-state index in [1.165, 1.54) is 6.20 Å². The highest BCUT2D eigenvalue weighted by Gasteiger charge is 2.25. The number of carbonyl (C=O) groups is 2. The first-order chi connectivity index (χ1) is 11.6. The molecule has 0 unspecified atom stereocenters. The molecule has 0 saturated heterocycles. The molecule has 1 aliphatic rings. The van der Waals surface area contributed by atoms with E-state index in [0.29, 0.717) is 17.9 Å². The Morgan fingerprint density at radius 2 is 2.17 bits per heavy atom. The van der Waals surface area contributed by atoms with Gasteiger partial charge in [0.15, 0.2) is 0 Å². The van der Waals surface area contributed by atoms with Crippen LogP contribution in [0.25, 0.3) is 5.69 Å². The molecule has 0 radical (unpaired) electrons. The second kappa shape index (κ2) is 6.86. The Bertz CT molecular complexity index is 763. The third-order valence-electron chi connectivity index (χ3n) is 4.34. The lowest BCUT2D eigenvalue weighted by Crippen LogP contribution is -2.28. The van der Waals surface area contributed by atoms with E-state index in [-0.39, 0.29) is 17.8 Å². The molecule has 2 aromatic rings. The summed E-state index contributed by atoms with van der Waals surface area (Å²) in [5.74, 6) is -0.172. The fourth-order valence-corrected chi connectivity index (χ4v) is 2.71. The average molecular weight is 327 g/mol. The zero-order chi connectivity index (χ0) is 17.1. The number of anilines is 1.